The van der Waals surface area contributed by atoms with Gasteiger partial charge in [-0.2, -0.15) is 0 Å². The van der Waals surface area contributed by atoms with Gasteiger partial charge in [-0.05, 0) is 54.8 Å². The molecule has 0 saturated heterocycles. The molecule has 4 heteroatoms. The van der Waals surface area contributed by atoms with Crippen LogP contribution in [0.15, 0.2) is 78.9 Å². The van der Waals surface area contributed by atoms with Crippen molar-refractivity contribution < 1.29 is 14.6 Å². The molecule has 4 nitrogen and oxygen atoms in total. The molecule has 3 aromatic carbocycles. The molecule has 3 rings (SSSR count). The van der Waals surface area contributed by atoms with Crippen LogP contribution in [-0.2, 0) is 6.61 Å². The van der Waals surface area contributed by atoms with Crippen LogP contribution in [0.4, 0.5) is 0 Å². The Kier molecular flexibility index (Phi) is 7.28. The van der Waals surface area contributed by atoms with Gasteiger partial charge in [0.2, 0.25) is 0 Å². The van der Waals surface area contributed by atoms with Crippen molar-refractivity contribution in [2.45, 2.75) is 38.6 Å². The molecular weight excluding hydrogens is 362 g/mol. The lowest BCUT2D eigenvalue weighted by atomic mass is 10.0. The molecule has 0 aliphatic rings. The summed E-state index contributed by atoms with van der Waals surface area (Å²) >= 11 is 0. The minimum Gasteiger partial charge on any atom is -0.497 e. The number of methoxy groups -OCH3 is 1. The first-order chi connectivity index (χ1) is 14.1. The smallest absolute Gasteiger partial charge is 0.119 e. The fraction of sp³-hybridized carbons (Fsp3) is 0.280. The summed E-state index contributed by atoms with van der Waals surface area (Å²) < 4.78 is 11.0. The van der Waals surface area contributed by atoms with Crippen molar-refractivity contribution in [3.8, 4) is 11.5 Å². The normalized spacial score (nSPS) is 14.1. The first-order valence-corrected chi connectivity index (χ1v) is 9.91. The van der Waals surface area contributed by atoms with Gasteiger partial charge < -0.3 is 19.9 Å². The standard InChI is InChI=1S/C25H29NO3/c1-18(21-9-13-23(28-3)14-10-21)26-19(2)25(27)22-11-15-24(16-12-22)29-17-20-7-5-4-6-8-20/h4-16,18-19,25-27H,17H2,1-3H3/t18-,19+,25+/m1/s1. The van der Waals surface area contributed by atoms with Gasteiger partial charge in [-0.15, -0.1) is 0 Å². The highest BCUT2D eigenvalue weighted by Gasteiger charge is 2.19. The fourth-order valence-corrected chi connectivity index (χ4v) is 3.27. The minimum atomic E-state index is -0.612. The highest BCUT2D eigenvalue weighted by atomic mass is 16.5. The van der Waals surface area contributed by atoms with Crippen molar-refractivity contribution in [3.63, 3.8) is 0 Å². The van der Waals surface area contributed by atoms with Gasteiger partial charge in [-0.25, -0.2) is 0 Å². The third-order valence-corrected chi connectivity index (χ3v) is 5.07. The highest BCUT2D eigenvalue weighted by molar-refractivity contribution is 5.31. The summed E-state index contributed by atoms with van der Waals surface area (Å²) in [6, 6.07) is 25.7. The number of benzene rings is 3. The van der Waals surface area contributed by atoms with Gasteiger partial charge in [0.1, 0.15) is 18.1 Å². The van der Waals surface area contributed by atoms with E-state index in [0.717, 1.165) is 28.2 Å². The van der Waals surface area contributed by atoms with Crippen LogP contribution in [0.5, 0.6) is 11.5 Å². The monoisotopic (exact) mass is 391 g/mol. The number of hydrogen-bond acceptors (Lipinski definition) is 4. The lowest BCUT2D eigenvalue weighted by molar-refractivity contribution is 0.130. The van der Waals surface area contributed by atoms with Crippen LogP contribution >= 0.6 is 0 Å². The van der Waals surface area contributed by atoms with Gasteiger partial charge in [-0.1, -0.05) is 54.6 Å². The molecule has 0 radical (unpaired) electrons. The van der Waals surface area contributed by atoms with Crippen molar-refractivity contribution >= 4 is 0 Å². The Hall–Kier alpha value is -2.82. The van der Waals surface area contributed by atoms with Gasteiger partial charge >= 0.3 is 0 Å². The highest BCUT2D eigenvalue weighted by Crippen LogP contribution is 2.24. The molecule has 0 spiro atoms. The lowest BCUT2D eigenvalue weighted by Gasteiger charge is -2.25. The molecule has 3 aromatic rings. The largest absolute Gasteiger partial charge is 0.497 e. The Balaban J connectivity index is 1.55. The molecule has 29 heavy (non-hydrogen) atoms. The van der Waals surface area contributed by atoms with E-state index in [0.29, 0.717) is 6.61 Å². The van der Waals surface area contributed by atoms with Gasteiger partial charge in [0.15, 0.2) is 0 Å². The molecule has 0 amide bonds. The Bertz CT molecular complexity index is 863. The second kappa shape index (κ2) is 10.1. The Morgan fingerprint density at radius 2 is 1.38 bits per heavy atom. The molecule has 2 N–H and O–H groups in total. The number of aliphatic hydroxyl groups is 1. The number of nitrogens with one attached hydrogen (secondary N) is 1. The molecule has 0 heterocycles. The van der Waals surface area contributed by atoms with Crippen LogP contribution in [0.25, 0.3) is 0 Å². The van der Waals surface area contributed by atoms with E-state index in [1.165, 1.54) is 0 Å². The second-order valence-electron chi connectivity index (χ2n) is 7.24. The summed E-state index contributed by atoms with van der Waals surface area (Å²) in [6.45, 7) is 4.61. The zero-order chi connectivity index (χ0) is 20.6. The Labute approximate surface area is 173 Å². The van der Waals surface area contributed by atoms with E-state index in [-0.39, 0.29) is 12.1 Å². The average Bonchev–Trinajstić information content (AvgIpc) is 2.78. The van der Waals surface area contributed by atoms with Crippen molar-refractivity contribution in [2.24, 2.45) is 0 Å². The Morgan fingerprint density at radius 1 is 0.793 bits per heavy atom. The van der Waals surface area contributed by atoms with Crippen LogP contribution in [-0.4, -0.2) is 18.3 Å². The summed E-state index contributed by atoms with van der Waals surface area (Å²) in [5, 5.41) is 14.2. The van der Waals surface area contributed by atoms with Crippen molar-refractivity contribution in [1.82, 2.24) is 5.32 Å². The topological polar surface area (TPSA) is 50.7 Å². The molecule has 152 valence electrons. The zero-order valence-corrected chi connectivity index (χ0v) is 17.2. The summed E-state index contributed by atoms with van der Waals surface area (Å²) in [6.07, 6.45) is -0.612. The van der Waals surface area contributed by atoms with Crippen LogP contribution < -0.4 is 14.8 Å². The fourth-order valence-electron chi connectivity index (χ4n) is 3.27. The van der Waals surface area contributed by atoms with Crippen molar-refractivity contribution in [3.05, 3.63) is 95.6 Å². The van der Waals surface area contributed by atoms with E-state index in [1.54, 1.807) is 7.11 Å². The summed E-state index contributed by atoms with van der Waals surface area (Å²) in [4.78, 5) is 0. The maximum absolute atomic E-state index is 10.7. The molecular formula is C25H29NO3. The maximum Gasteiger partial charge on any atom is 0.119 e. The van der Waals surface area contributed by atoms with Gasteiger partial charge in [-0.3, -0.25) is 0 Å². The number of rotatable bonds is 9. The van der Waals surface area contributed by atoms with E-state index in [9.17, 15) is 5.11 Å². The van der Waals surface area contributed by atoms with Gasteiger partial charge in [0, 0.05) is 12.1 Å². The van der Waals surface area contributed by atoms with Crippen LogP contribution in [0.3, 0.4) is 0 Å². The zero-order valence-electron chi connectivity index (χ0n) is 17.2. The number of hydrogen-bond donors (Lipinski definition) is 2. The lowest BCUT2D eigenvalue weighted by Crippen LogP contribution is -2.34. The van der Waals surface area contributed by atoms with Gasteiger partial charge in [0.25, 0.3) is 0 Å². The number of aliphatic hydroxyl groups excluding tert-OH is 1. The van der Waals surface area contributed by atoms with E-state index in [1.807, 2.05) is 85.8 Å². The molecule has 0 aliphatic carbocycles. The third-order valence-electron chi connectivity index (χ3n) is 5.07. The summed E-state index contributed by atoms with van der Waals surface area (Å²) in [5.41, 5.74) is 3.13. The van der Waals surface area contributed by atoms with E-state index in [4.69, 9.17) is 9.47 Å². The summed E-state index contributed by atoms with van der Waals surface area (Å²) in [7, 11) is 1.66. The van der Waals surface area contributed by atoms with E-state index < -0.39 is 6.10 Å². The van der Waals surface area contributed by atoms with Gasteiger partial charge in [0.05, 0.1) is 13.2 Å². The number of ether oxygens (including phenoxy) is 2. The first-order valence-electron chi connectivity index (χ1n) is 9.91. The first kappa shape index (κ1) is 20.9. The van der Waals surface area contributed by atoms with Crippen LogP contribution in [0.1, 0.15) is 42.7 Å². The average molecular weight is 392 g/mol. The molecule has 3 atom stereocenters. The van der Waals surface area contributed by atoms with E-state index >= 15 is 0 Å². The minimum absolute atomic E-state index is 0.108. The SMILES string of the molecule is COc1ccc([C@@H](C)N[C@@H](C)[C@H](O)c2ccc(OCc3ccccc3)cc2)cc1. The Morgan fingerprint density at radius 3 is 2.00 bits per heavy atom. The van der Waals surface area contributed by atoms with Crippen molar-refractivity contribution in [2.75, 3.05) is 7.11 Å². The molecule has 0 saturated carbocycles. The molecule has 0 unspecified atom stereocenters. The maximum atomic E-state index is 10.7. The summed E-state index contributed by atoms with van der Waals surface area (Å²) in [5.74, 6) is 1.63. The predicted molar refractivity (Wildman–Crippen MR) is 116 cm³/mol. The van der Waals surface area contributed by atoms with E-state index in [2.05, 4.69) is 12.2 Å². The van der Waals surface area contributed by atoms with Crippen molar-refractivity contribution in [1.29, 1.82) is 0 Å². The third kappa shape index (κ3) is 5.83. The molecule has 0 aromatic heterocycles. The van der Waals surface area contributed by atoms with Crippen LogP contribution in [0.2, 0.25) is 0 Å². The van der Waals surface area contributed by atoms with Crippen LogP contribution in [0, 0.1) is 0 Å². The quantitative estimate of drug-likeness (QED) is 0.536. The second-order valence-corrected chi connectivity index (χ2v) is 7.24. The molecule has 0 fully saturated rings. The molecule has 0 aliphatic heterocycles. The molecule has 0 bridgehead atoms. The predicted octanol–water partition coefficient (Wildman–Crippen LogP) is 5.05.